The molecule has 1 heterocycles. The highest BCUT2D eigenvalue weighted by Gasteiger charge is 2.49. The first-order valence-electron chi connectivity index (χ1n) is 16.5. The quantitative estimate of drug-likeness (QED) is 0.194. The fraction of sp³-hybridized carbons (Fsp3) is 0.415. The van der Waals surface area contributed by atoms with E-state index in [1.165, 1.54) is 75.0 Å². The van der Waals surface area contributed by atoms with E-state index in [0.29, 0.717) is 11.8 Å². The number of fused-ring (bicyclic) bond motifs is 4. The second-order valence-electron chi connectivity index (χ2n) is 14.4. The SMILES string of the molecule is CCC(CC)C1=CC2(CC(C(CC)CC)=C1)c1ccc3cccc4c3c1-c1c(cc3c(CC(C)(C)C)cccc3c12)O4. The van der Waals surface area contributed by atoms with Gasteiger partial charge >= 0.3 is 0 Å². The first-order chi connectivity index (χ1) is 20.2. The van der Waals surface area contributed by atoms with E-state index in [1.54, 1.807) is 11.1 Å². The summed E-state index contributed by atoms with van der Waals surface area (Å²) in [7, 11) is 0. The summed E-state index contributed by atoms with van der Waals surface area (Å²) in [5, 5.41) is 5.34. The predicted octanol–water partition coefficient (Wildman–Crippen LogP) is 12.1. The molecule has 0 saturated heterocycles. The van der Waals surface area contributed by atoms with Crippen molar-refractivity contribution < 1.29 is 4.74 Å². The second kappa shape index (κ2) is 9.87. The van der Waals surface area contributed by atoms with Crippen LogP contribution in [-0.4, -0.2) is 0 Å². The maximum absolute atomic E-state index is 6.89. The average molecular weight is 555 g/mol. The first-order valence-corrected chi connectivity index (χ1v) is 16.5. The van der Waals surface area contributed by atoms with Gasteiger partial charge in [-0.25, -0.2) is 0 Å². The Morgan fingerprint density at radius 3 is 2.24 bits per heavy atom. The molecule has 7 rings (SSSR count). The van der Waals surface area contributed by atoms with Crippen LogP contribution in [0.25, 0.3) is 32.7 Å². The highest BCUT2D eigenvalue weighted by atomic mass is 16.5. The van der Waals surface area contributed by atoms with Crippen molar-refractivity contribution in [1.82, 2.24) is 0 Å². The second-order valence-corrected chi connectivity index (χ2v) is 14.4. The van der Waals surface area contributed by atoms with Crippen LogP contribution in [0.1, 0.15) is 97.3 Å². The molecule has 216 valence electrons. The zero-order valence-corrected chi connectivity index (χ0v) is 26.7. The van der Waals surface area contributed by atoms with Gasteiger partial charge in [0.1, 0.15) is 11.5 Å². The molecule has 1 heteroatoms. The molecule has 0 bridgehead atoms. The molecule has 4 aromatic carbocycles. The summed E-state index contributed by atoms with van der Waals surface area (Å²) in [5.74, 6) is 3.22. The van der Waals surface area contributed by atoms with E-state index >= 15 is 0 Å². The Hall–Kier alpha value is -3.32. The molecule has 0 saturated carbocycles. The Kier molecular flexibility index (Phi) is 6.46. The lowest BCUT2D eigenvalue weighted by atomic mass is 9.64. The highest BCUT2D eigenvalue weighted by Crippen LogP contribution is 2.64. The first kappa shape index (κ1) is 27.5. The molecular weight excluding hydrogens is 508 g/mol. The van der Waals surface area contributed by atoms with Gasteiger partial charge in [-0.15, -0.1) is 0 Å². The van der Waals surface area contributed by atoms with E-state index in [2.05, 4.69) is 115 Å². The summed E-state index contributed by atoms with van der Waals surface area (Å²) in [6.45, 7) is 16.5. The maximum Gasteiger partial charge on any atom is 0.136 e. The van der Waals surface area contributed by atoms with Crippen LogP contribution in [0.15, 0.2) is 77.9 Å². The van der Waals surface area contributed by atoms with Crippen molar-refractivity contribution in [3.8, 4) is 22.6 Å². The van der Waals surface area contributed by atoms with Gasteiger partial charge in [-0.3, -0.25) is 0 Å². The van der Waals surface area contributed by atoms with Crippen LogP contribution in [0.2, 0.25) is 0 Å². The number of benzene rings is 4. The van der Waals surface area contributed by atoms with Gasteiger partial charge in [0.15, 0.2) is 0 Å². The molecule has 0 fully saturated rings. The Balaban J connectivity index is 1.63. The van der Waals surface area contributed by atoms with Crippen molar-refractivity contribution >= 4 is 21.5 Å². The van der Waals surface area contributed by atoms with Gasteiger partial charge in [-0.05, 0) is 106 Å². The Bertz CT molecular complexity index is 1780. The smallest absolute Gasteiger partial charge is 0.136 e. The van der Waals surface area contributed by atoms with Crippen LogP contribution >= 0.6 is 0 Å². The molecule has 3 aliphatic rings. The molecular formula is C41H46O. The minimum atomic E-state index is -0.196. The van der Waals surface area contributed by atoms with Crippen molar-refractivity contribution in [2.75, 3.05) is 0 Å². The summed E-state index contributed by atoms with van der Waals surface area (Å²) < 4.78 is 6.89. The van der Waals surface area contributed by atoms with Crippen molar-refractivity contribution in [3.63, 3.8) is 0 Å². The molecule has 1 spiro atoms. The van der Waals surface area contributed by atoms with Crippen molar-refractivity contribution in [2.24, 2.45) is 17.3 Å². The third-order valence-corrected chi connectivity index (χ3v) is 10.6. The fourth-order valence-corrected chi connectivity index (χ4v) is 8.66. The van der Waals surface area contributed by atoms with Crippen LogP contribution in [0.4, 0.5) is 0 Å². The zero-order valence-electron chi connectivity index (χ0n) is 26.7. The topological polar surface area (TPSA) is 9.23 Å². The van der Waals surface area contributed by atoms with Crippen LogP contribution in [0.3, 0.4) is 0 Å². The minimum absolute atomic E-state index is 0.196. The fourth-order valence-electron chi connectivity index (χ4n) is 8.66. The van der Waals surface area contributed by atoms with Crippen LogP contribution in [0.5, 0.6) is 11.5 Å². The molecule has 1 nitrogen and oxygen atoms in total. The molecule has 42 heavy (non-hydrogen) atoms. The molecule has 2 aliphatic carbocycles. The molecule has 1 atom stereocenters. The zero-order chi connectivity index (χ0) is 29.4. The number of allylic oxidation sites excluding steroid dienone is 4. The monoisotopic (exact) mass is 554 g/mol. The van der Waals surface area contributed by atoms with Gasteiger partial charge in [0.25, 0.3) is 0 Å². The standard InChI is InChI=1S/C41H46O/c1-8-25(9-2)29-20-30(26(10-3)11-4)24-41(23-29)33-19-18-27-14-13-17-34-36(27)37(33)38-35(42-34)21-32-28(22-40(5,6)7)15-12-16-31(32)39(38)41/h12-21,23,25-26H,8-11,22,24H2,1-7H3. The summed E-state index contributed by atoms with van der Waals surface area (Å²) in [6.07, 6.45) is 12.2. The van der Waals surface area contributed by atoms with E-state index in [0.717, 1.165) is 24.3 Å². The average Bonchev–Trinajstić information content (AvgIpc) is 3.24. The van der Waals surface area contributed by atoms with Gasteiger partial charge in [0.2, 0.25) is 0 Å². The van der Waals surface area contributed by atoms with Gasteiger partial charge in [-0.1, -0.05) is 109 Å². The molecule has 0 radical (unpaired) electrons. The number of ether oxygens (including phenoxy) is 1. The third kappa shape index (κ3) is 3.95. The van der Waals surface area contributed by atoms with Gasteiger partial charge in [0.05, 0.1) is 0 Å². The van der Waals surface area contributed by atoms with Crippen molar-refractivity contribution in [2.45, 2.75) is 92.4 Å². The van der Waals surface area contributed by atoms with Gasteiger partial charge in [0, 0.05) is 21.9 Å². The molecule has 1 aliphatic heterocycles. The van der Waals surface area contributed by atoms with E-state index < -0.39 is 0 Å². The third-order valence-electron chi connectivity index (χ3n) is 10.6. The number of hydrogen-bond donors (Lipinski definition) is 0. The molecule has 0 N–H and O–H groups in total. The summed E-state index contributed by atoms with van der Waals surface area (Å²) in [5.41, 5.74) is 10.4. The van der Waals surface area contributed by atoms with E-state index in [4.69, 9.17) is 4.74 Å². The molecule has 0 amide bonds. The van der Waals surface area contributed by atoms with Crippen LogP contribution in [0, 0.1) is 17.3 Å². The lowest BCUT2D eigenvalue weighted by Gasteiger charge is -2.38. The van der Waals surface area contributed by atoms with E-state index in [-0.39, 0.29) is 10.8 Å². The maximum atomic E-state index is 6.89. The molecule has 1 unspecified atom stereocenters. The molecule has 4 aromatic rings. The highest BCUT2D eigenvalue weighted by molar-refractivity contribution is 6.13. The Labute approximate surface area is 252 Å². The summed E-state index contributed by atoms with van der Waals surface area (Å²) in [6, 6.07) is 20.8. The van der Waals surface area contributed by atoms with E-state index in [1.807, 2.05) is 0 Å². The number of rotatable bonds is 7. The van der Waals surface area contributed by atoms with Gasteiger partial charge in [-0.2, -0.15) is 0 Å². The molecule has 0 aromatic heterocycles. The lowest BCUT2D eigenvalue weighted by molar-refractivity contribution is 0.412. The normalized spacial score (nSPS) is 18.8. The summed E-state index contributed by atoms with van der Waals surface area (Å²) in [4.78, 5) is 0. The predicted molar refractivity (Wildman–Crippen MR) is 180 cm³/mol. The van der Waals surface area contributed by atoms with Crippen LogP contribution < -0.4 is 4.74 Å². The minimum Gasteiger partial charge on any atom is -0.456 e. The Morgan fingerprint density at radius 1 is 0.786 bits per heavy atom. The van der Waals surface area contributed by atoms with Crippen LogP contribution in [-0.2, 0) is 11.8 Å². The summed E-state index contributed by atoms with van der Waals surface area (Å²) >= 11 is 0. The lowest BCUT2D eigenvalue weighted by Crippen LogP contribution is -2.29. The largest absolute Gasteiger partial charge is 0.456 e. The Morgan fingerprint density at radius 2 is 1.52 bits per heavy atom. The van der Waals surface area contributed by atoms with E-state index in [9.17, 15) is 0 Å². The van der Waals surface area contributed by atoms with Crippen molar-refractivity contribution in [3.05, 3.63) is 94.6 Å². The number of hydrogen-bond acceptors (Lipinski definition) is 1. The van der Waals surface area contributed by atoms with Crippen molar-refractivity contribution in [1.29, 1.82) is 0 Å². The van der Waals surface area contributed by atoms with Gasteiger partial charge < -0.3 is 4.74 Å².